The Hall–Kier alpha value is -3.48. The van der Waals surface area contributed by atoms with Crippen molar-refractivity contribution >= 4 is 28.7 Å². The van der Waals surface area contributed by atoms with Crippen LogP contribution in [0.25, 0.3) is 22.0 Å². The Kier molecular flexibility index (Phi) is 5.70. The Labute approximate surface area is 193 Å². The third-order valence-electron chi connectivity index (χ3n) is 6.58. The average molecular weight is 444 g/mol. The van der Waals surface area contributed by atoms with Gasteiger partial charge in [0, 0.05) is 49.2 Å². The van der Waals surface area contributed by atoms with Crippen molar-refractivity contribution in [2.45, 2.75) is 51.6 Å². The second-order valence-electron chi connectivity index (χ2n) is 9.17. The maximum absolute atomic E-state index is 12.5. The topological polar surface area (TPSA) is 87.2 Å². The Morgan fingerprint density at radius 1 is 1.00 bits per heavy atom. The highest BCUT2D eigenvalue weighted by Crippen LogP contribution is 2.28. The summed E-state index contributed by atoms with van der Waals surface area (Å²) >= 11 is 0. The van der Waals surface area contributed by atoms with Crippen molar-refractivity contribution in [1.29, 1.82) is 0 Å². The van der Waals surface area contributed by atoms with E-state index >= 15 is 0 Å². The van der Waals surface area contributed by atoms with Gasteiger partial charge >= 0.3 is 0 Å². The maximum atomic E-state index is 12.5. The van der Waals surface area contributed by atoms with Crippen molar-refractivity contribution in [2.24, 2.45) is 0 Å². The van der Waals surface area contributed by atoms with E-state index in [1.165, 1.54) is 0 Å². The van der Waals surface area contributed by atoms with Gasteiger partial charge in [0.2, 0.25) is 11.9 Å². The summed E-state index contributed by atoms with van der Waals surface area (Å²) < 4.78 is 0. The van der Waals surface area contributed by atoms with Crippen LogP contribution in [0.5, 0.6) is 0 Å². The monoisotopic (exact) mass is 443 g/mol. The van der Waals surface area contributed by atoms with E-state index < -0.39 is 0 Å². The molecule has 33 heavy (non-hydrogen) atoms. The van der Waals surface area contributed by atoms with E-state index in [-0.39, 0.29) is 17.9 Å². The summed E-state index contributed by atoms with van der Waals surface area (Å²) in [6.07, 6.45) is 5.78. The first kappa shape index (κ1) is 21.4. The number of rotatable bonds is 5. The number of aromatic nitrogens is 2. The number of hydrogen-bond donors (Lipinski definition) is 2. The van der Waals surface area contributed by atoms with Crippen molar-refractivity contribution in [3.63, 3.8) is 0 Å². The van der Waals surface area contributed by atoms with Crippen LogP contribution in [0.3, 0.4) is 0 Å². The first-order chi connectivity index (χ1) is 16.0. The minimum atomic E-state index is -0.00674. The summed E-state index contributed by atoms with van der Waals surface area (Å²) in [5.41, 5.74) is 4.77. The molecule has 2 heterocycles. The zero-order valence-electron chi connectivity index (χ0n) is 19.1. The molecule has 2 N–H and O–H groups in total. The van der Waals surface area contributed by atoms with Gasteiger partial charge in [-0.1, -0.05) is 12.1 Å². The first-order valence-corrected chi connectivity index (χ1v) is 11.7. The zero-order valence-corrected chi connectivity index (χ0v) is 19.1. The minimum Gasteiger partial charge on any atom is -0.351 e. The lowest BCUT2D eigenvalue weighted by atomic mass is 9.97. The van der Waals surface area contributed by atoms with Crippen LogP contribution >= 0.6 is 0 Å². The molecule has 2 aromatic carbocycles. The first-order valence-electron chi connectivity index (χ1n) is 11.7. The highest BCUT2D eigenvalue weighted by atomic mass is 16.2. The molecule has 3 aromatic rings. The minimum absolute atomic E-state index is 0.00674. The molecule has 2 amide bonds. The molecule has 7 nitrogen and oxygen atoms in total. The number of benzene rings is 2. The quantitative estimate of drug-likeness (QED) is 0.624. The van der Waals surface area contributed by atoms with Crippen molar-refractivity contribution in [2.75, 3.05) is 18.4 Å². The van der Waals surface area contributed by atoms with E-state index in [0.717, 1.165) is 66.4 Å². The molecule has 2 aliphatic rings. The summed E-state index contributed by atoms with van der Waals surface area (Å²) in [6, 6.07) is 12.6. The molecule has 1 saturated carbocycles. The molecule has 1 aliphatic carbocycles. The highest BCUT2D eigenvalue weighted by Gasteiger charge is 2.24. The van der Waals surface area contributed by atoms with Gasteiger partial charge < -0.3 is 15.5 Å². The predicted molar refractivity (Wildman–Crippen MR) is 129 cm³/mol. The fourth-order valence-corrected chi connectivity index (χ4v) is 4.36. The molecular formula is C26H29N5O2. The average Bonchev–Trinajstić information content (AvgIpc) is 3.63. The SMILES string of the molecule is CC(=O)N1CCC(Nc2ncc3cc(-c4cc(C(=O)NC5CC5)ccc4C)ccc3n2)CC1. The van der Waals surface area contributed by atoms with Crippen LogP contribution in [0.4, 0.5) is 5.95 Å². The largest absolute Gasteiger partial charge is 0.351 e. The van der Waals surface area contributed by atoms with E-state index in [1.807, 2.05) is 35.4 Å². The molecule has 1 aromatic heterocycles. The normalized spacial score (nSPS) is 16.6. The number of carbonyl (C=O) groups excluding carboxylic acids is 2. The number of anilines is 1. The molecule has 0 atom stereocenters. The van der Waals surface area contributed by atoms with Gasteiger partial charge in [-0.05, 0) is 73.6 Å². The van der Waals surface area contributed by atoms with E-state index in [0.29, 0.717) is 17.6 Å². The molecule has 0 spiro atoms. The fraction of sp³-hybridized carbons (Fsp3) is 0.385. The summed E-state index contributed by atoms with van der Waals surface area (Å²) in [4.78, 5) is 35.1. The van der Waals surface area contributed by atoms with Crippen LogP contribution in [0.1, 0.15) is 48.5 Å². The van der Waals surface area contributed by atoms with Crippen LogP contribution in [0.2, 0.25) is 0 Å². The van der Waals surface area contributed by atoms with Crippen LogP contribution in [-0.4, -0.2) is 51.9 Å². The van der Waals surface area contributed by atoms with Crippen LogP contribution in [0.15, 0.2) is 42.6 Å². The van der Waals surface area contributed by atoms with Crippen LogP contribution in [0, 0.1) is 6.92 Å². The van der Waals surface area contributed by atoms with Crippen LogP contribution < -0.4 is 10.6 Å². The summed E-state index contributed by atoms with van der Waals surface area (Å²) in [5.74, 6) is 0.745. The molecule has 2 fully saturated rings. The Bertz CT molecular complexity index is 1210. The molecule has 0 unspecified atom stereocenters. The number of hydrogen-bond acceptors (Lipinski definition) is 5. The van der Waals surface area contributed by atoms with Crippen molar-refractivity contribution in [1.82, 2.24) is 20.2 Å². The summed E-state index contributed by atoms with van der Waals surface area (Å²) in [6.45, 7) is 5.21. The van der Waals surface area contributed by atoms with Gasteiger partial charge in [-0.25, -0.2) is 9.97 Å². The molecule has 7 heteroatoms. The Morgan fingerprint density at radius 3 is 2.52 bits per heavy atom. The second-order valence-corrected chi connectivity index (χ2v) is 9.17. The number of aryl methyl sites for hydroxylation is 1. The van der Waals surface area contributed by atoms with Gasteiger partial charge in [0.05, 0.1) is 5.52 Å². The standard InChI is InChI=1S/C26H29N5O2/c1-16-3-4-19(25(33)28-21-6-7-21)14-23(16)18-5-8-24-20(13-18)15-27-26(30-24)29-22-9-11-31(12-10-22)17(2)32/h3-5,8,13-15,21-22H,6-7,9-12H2,1-2H3,(H,28,33)(H,27,29,30). The van der Waals surface area contributed by atoms with Crippen molar-refractivity contribution in [3.05, 3.63) is 53.7 Å². The molecule has 1 saturated heterocycles. The van der Waals surface area contributed by atoms with Gasteiger partial charge in [0.25, 0.3) is 5.91 Å². The number of fused-ring (bicyclic) bond motifs is 1. The highest BCUT2D eigenvalue weighted by molar-refractivity contribution is 5.96. The Balaban J connectivity index is 1.33. The van der Waals surface area contributed by atoms with E-state index in [4.69, 9.17) is 4.98 Å². The molecule has 170 valence electrons. The van der Waals surface area contributed by atoms with Crippen molar-refractivity contribution < 1.29 is 9.59 Å². The van der Waals surface area contributed by atoms with E-state index in [9.17, 15) is 9.59 Å². The zero-order chi connectivity index (χ0) is 22.9. The maximum Gasteiger partial charge on any atom is 0.251 e. The predicted octanol–water partition coefficient (Wildman–Crippen LogP) is 3.92. The fourth-order valence-electron chi connectivity index (χ4n) is 4.36. The number of likely N-dealkylation sites (tertiary alicyclic amines) is 1. The molecular weight excluding hydrogens is 414 g/mol. The summed E-state index contributed by atoms with van der Waals surface area (Å²) in [5, 5.41) is 7.44. The van der Waals surface area contributed by atoms with E-state index in [1.54, 1.807) is 6.92 Å². The smallest absolute Gasteiger partial charge is 0.251 e. The molecule has 5 rings (SSSR count). The number of piperidine rings is 1. The molecule has 0 radical (unpaired) electrons. The lowest BCUT2D eigenvalue weighted by Gasteiger charge is -2.31. The number of amides is 2. The molecule has 0 bridgehead atoms. The lowest BCUT2D eigenvalue weighted by Crippen LogP contribution is -2.41. The molecule has 1 aliphatic heterocycles. The van der Waals surface area contributed by atoms with Gasteiger partial charge in [0.1, 0.15) is 0 Å². The van der Waals surface area contributed by atoms with Gasteiger partial charge in [0.15, 0.2) is 0 Å². The Morgan fingerprint density at radius 2 is 1.79 bits per heavy atom. The number of nitrogens with zero attached hydrogens (tertiary/aromatic N) is 3. The van der Waals surface area contributed by atoms with Gasteiger partial charge in [-0.3, -0.25) is 9.59 Å². The lowest BCUT2D eigenvalue weighted by molar-refractivity contribution is -0.129. The van der Waals surface area contributed by atoms with Gasteiger partial charge in [-0.2, -0.15) is 0 Å². The van der Waals surface area contributed by atoms with Crippen molar-refractivity contribution in [3.8, 4) is 11.1 Å². The summed E-state index contributed by atoms with van der Waals surface area (Å²) in [7, 11) is 0. The number of carbonyl (C=O) groups is 2. The van der Waals surface area contributed by atoms with Gasteiger partial charge in [-0.15, -0.1) is 0 Å². The second kappa shape index (κ2) is 8.81. The number of nitrogens with one attached hydrogen (secondary N) is 2. The van der Waals surface area contributed by atoms with Crippen LogP contribution in [-0.2, 0) is 4.79 Å². The van der Waals surface area contributed by atoms with E-state index in [2.05, 4.69) is 34.7 Å². The third-order valence-corrected chi connectivity index (χ3v) is 6.58. The third kappa shape index (κ3) is 4.82.